The van der Waals surface area contributed by atoms with Crippen molar-refractivity contribution >= 4 is 11.5 Å². The number of likely N-dealkylation sites (tertiary alicyclic amines) is 1. The Balaban J connectivity index is 1.52. The lowest BCUT2D eigenvalue weighted by Crippen LogP contribution is -2.45. The van der Waals surface area contributed by atoms with Crippen molar-refractivity contribution in [2.75, 3.05) is 44.7 Å². The van der Waals surface area contributed by atoms with Gasteiger partial charge < -0.3 is 9.80 Å². The van der Waals surface area contributed by atoms with E-state index in [1.165, 1.54) is 29.2 Å². The summed E-state index contributed by atoms with van der Waals surface area (Å²) in [6.45, 7) is 8.47. The Morgan fingerprint density at radius 3 is 2.72 bits per heavy atom. The van der Waals surface area contributed by atoms with Crippen LogP contribution in [0, 0.1) is 6.92 Å². The molecule has 0 saturated carbocycles. The van der Waals surface area contributed by atoms with Crippen LogP contribution < -0.4 is 4.90 Å². The maximum absolute atomic E-state index is 5.15. The molecule has 6 heteroatoms. The number of fused-ring (bicyclic) bond motifs is 1. The molecule has 0 aliphatic carbocycles. The van der Waals surface area contributed by atoms with Crippen molar-refractivity contribution in [3.05, 3.63) is 59.7 Å². The van der Waals surface area contributed by atoms with Gasteiger partial charge in [0.05, 0.1) is 11.7 Å². The van der Waals surface area contributed by atoms with Crippen molar-refractivity contribution in [1.82, 2.24) is 24.2 Å². The zero-order valence-corrected chi connectivity index (χ0v) is 17.5. The normalized spacial score (nSPS) is 21.3. The molecule has 2 aliphatic rings. The lowest BCUT2D eigenvalue weighted by Gasteiger charge is -2.35. The number of anilines is 1. The SMILES string of the molecule is Cc1cccnc1CN1CCCC1c1nc2ccccn2c1N1CCN(C)CC1. The molecule has 3 aromatic heterocycles. The van der Waals surface area contributed by atoms with Crippen LogP contribution >= 0.6 is 0 Å². The number of pyridine rings is 2. The molecular weight excluding hydrogens is 360 g/mol. The number of likely N-dealkylation sites (N-methyl/N-ethyl adjacent to an activating group) is 1. The van der Waals surface area contributed by atoms with Gasteiger partial charge in [-0.1, -0.05) is 12.1 Å². The summed E-state index contributed by atoms with van der Waals surface area (Å²) in [6.07, 6.45) is 6.46. The molecule has 1 atom stereocenters. The maximum atomic E-state index is 5.15. The highest BCUT2D eigenvalue weighted by molar-refractivity contribution is 5.58. The predicted molar refractivity (Wildman–Crippen MR) is 116 cm³/mol. The highest BCUT2D eigenvalue weighted by atomic mass is 15.3. The van der Waals surface area contributed by atoms with E-state index in [9.17, 15) is 0 Å². The van der Waals surface area contributed by atoms with E-state index in [0.717, 1.165) is 51.3 Å². The molecule has 5 heterocycles. The number of hydrogen-bond donors (Lipinski definition) is 0. The molecule has 0 radical (unpaired) electrons. The molecule has 6 nitrogen and oxygen atoms in total. The molecule has 2 saturated heterocycles. The van der Waals surface area contributed by atoms with Gasteiger partial charge in [0.1, 0.15) is 17.2 Å². The van der Waals surface area contributed by atoms with Gasteiger partial charge in [-0.3, -0.25) is 14.3 Å². The van der Waals surface area contributed by atoms with E-state index in [2.05, 4.69) is 68.5 Å². The van der Waals surface area contributed by atoms with Crippen molar-refractivity contribution in [3.8, 4) is 0 Å². The molecule has 0 aromatic carbocycles. The van der Waals surface area contributed by atoms with Gasteiger partial charge in [-0.05, 0) is 57.1 Å². The summed E-state index contributed by atoms with van der Waals surface area (Å²) >= 11 is 0. The number of aromatic nitrogens is 3. The van der Waals surface area contributed by atoms with Crippen molar-refractivity contribution in [2.45, 2.75) is 32.4 Å². The molecular formula is C23H30N6. The van der Waals surface area contributed by atoms with Crippen molar-refractivity contribution in [2.24, 2.45) is 0 Å². The fraction of sp³-hybridized carbons (Fsp3) is 0.478. The Kier molecular flexibility index (Phi) is 4.97. The fourth-order valence-corrected chi connectivity index (χ4v) is 4.76. The Morgan fingerprint density at radius 2 is 1.90 bits per heavy atom. The zero-order valence-electron chi connectivity index (χ0n) is 17.5. The second kappa shape index (κ2) is 7.76. The first-order chi connectivity index (χ1) is 14.2. The molecule has 5 rings (SSSR count). The largest absolute Gasteiger partial charge is 0.354 e. The van der Waals surface area contributed by atoms with Gasteiger partial charge in [0, 0.05) is 45.1 Å². The highest BCUT2D eigenvalue weighted by Gasteiger charge is 2.33. The fourth-order valence-electron chi connectivity index (χ4n) is 4.76. The first-order valence-electron chi connectivity index (χ1n) is 10.8. The molecule has 0 N–H and O–H groups in total. The van der Waals surface area contributed by atoms with Crippen LogP contribution in [0.5, 0.6) is 0 Å². The van der Waals surface area contributed by atoms with Crippen LogP contribution in [0.4, 0.5) is 5.82 Å². The van der Waals surface area contributed by atoms with Crippen LogP contribution in [-0.2, 0) is 6.54 Å². The lowest BCUT2D eigenvalue weighted by atomic mass is 10.1. The van der Waals surface area contributed by atoms with Gasteiger partial charge in [-0.2, -0.15) is 0 Å². The number of hydrogen-bond acceptors (Lipinski definition) is 5. The van der Waals surface area contributed by atoms with Gasteiger partial charge in [0.15, 0.2) is 0 Å². The lowest BCUT2D eigenvalue weighted by molar-refractivity contribution is 0.241. The van der Waals surface area contributed by atoms with Crippen LogP contribution in [0.2, 0.25) is 0 Å². The molecule has 29 heavy (non-hydrogen) atoms. The molecule has 0 bridgehead atoms. The monoisotopic (exact) mass is 390 g/mol. The highest BCUT2D eigenvalue weighted by Crippen LogP contribution is 2.38. The minimum absolute atomic E-state index is 0.353. The third-order valence-corrected chi connectivity index (χ3v) is 6.48. The molecule has 0 amide bonds. The topological polar surface area (TPSA) is 39.9 Å². The third-order valence-electron chi connectivity index (χ3n) is 6.48. The first kappa shape index (κ1) is 18.6. The average molecular weight is 391 g/mol. The number of piperazine rings is 1. The molecule has 152 valence electrons. The van der Waals surface area contributed by atoms with E-state index >= 15 is 0 Å². The summed E-state index contributed by atoms with van der Waals surface area (Å²) in [6, 6.07) is 10.9. The summed E-state index contributed by atoms with van der Waals surface area (Å²) in [5.74, 6) is 1.29. The van der Waals surface area contributed by atoms with Crippen molar-refractivity contribution in [3.63, 3.8) is 0 Å². The van der Waals surface area contributed by atoms with E-state index in [1.807, 2.05) is 12.3 Å². The number of rotatable bonds is 4. The van der Waals surface area contributed by atoms with Crippen LogP contribution in [0.1, 0.15) is 35.8 Å². The van der Waals surface area contributed by atoms with Gasteiger partial charge in [-0.15, -0.1) is 0 Å². The van der Waals surface area contributed by atoms with E-state index in [-0.39, 0.29) is 0 Å². The molecule has 0 spiro atoms. The third kappa shape index (κ3) is 3.51. The Morgan fingerprint density at radius 1 is 1.03 bits per heavy atom. The number of nitrogens with zero attached hydrogens (tertiary/aromatic N) is 6. The molecule has 2 fully saturated rings. The molecule has 2 aliphatic heterocycles. The van der Waals surface area contributed by atoms with Crippen LogP contribution in [0.3, 0.4) is 0 Å². The van der Waals surface area contributed by atoms with E-state index in [1.54, 1.807) is 0 Å². The molecule has 3 aromatic rings. The Bertz CT molecular complexity index is 988. The van der Waals surface area contributed by atoms with Crippen LogP contribution in [0.25, 0.3) is 5.65 Å². The van der Waals surface area contributed by atoms with E-state index < -0.39 is 0 Å². The predicted octanol–water partition coefficient (Wildman–Crippen LogP) is 3.13. The van der Waals surface area contributed by atoms with E-state index in [4.69, 9.17) is 4.98 Å². The quantitative estimate of drug-likeness (QED) is 0.685. The minimum atomic E-state index is 0.353. The van der Waals surface area contributed by atoms with Crippen molar-refractivity contribution < 1.29 is 0 Å². The van der Waals surface area contributed by atoms with E-state index in [0.29, 0.717) is 6.04 Å². The number of imidazole rings is 1. The van der Waals surface area contributed by atoms with Crippen molar-refractivity contribution in [1.29, 1.82) is 0 Å². The second-order valence-electron chi connectivity index (χ2n) is 8.44. The van der Waals surface area contributed by atoms with Gasteiger partial charge >= 0.3 is 0 Å². The van der Waals surface area contributed by atoms with Gasteiger partial charge in [0.2, 0.25) is 0 Å². The second-order valence-corrected chi connectivity index (χ2v) is 8.44. The smallest absolute Gasteiger partial charge is 0.138 e. The Hall–Kier alpha value is -2.44. The van der Waals surface area contributed by atoms with Gasteiger partial charge in [-0.25, -0.2) is 4.98 Å². The standard InChI is InChI=1S/C23H30N6/c1-18-7-5-10-24-19(18)17-28-11-6-8-20(28)22-23(27-15-13-26(2)14-16-27)29-12-4-3-9-21(29)25-22/h3-5,7,9-10,12,20H,6,8,11,13-17H2,1-2H3. The summed E-state index contributed by atoms with van der Waals surface area (Å²) in [7, 11) is 2.21. The Labute approximate surface area is 172 Å². The minimum Gasteiger partial charge on any atom is -0.354 e. The first-order valence-corrected chi connectivity index (χ1v) is 10.8. The summed E-state index contributed by atoms with van der Waals surface area (Å²) in [5.41, 5.74) is 4.75. The summed E-state index contributed by atoms with van der Waals surface area (Å²) < 4.78 is 2.29. The summed E-state index contributed by atoms with van der Waals surface area (Å²) in [4.78, 5) is 17.3. The maximum Gasteiger partial charge on any atom is 0.138 e. The summed E-state index contributed by atoms with van der Waals surface area (Å²) in [5, 5.41) is 0. The van der Waals surface area contributed by atoms with Crippen LogP contribution in [0.15, 0.2) is 42.7 Å². The number of aryl methyl sites for hydroxylation is 1. The zero-order chi connectivity index (χ0) is 19.8. The average Bonchev–Trinajstić information content (AvgIpc) is 3.34. The van der Waals surface area contributed by atoms with Crippen LogP contribution in [-0.4, -0.2) is 63.9 Å². The van der Waals surface area contributed by atoms with Gasteiger partial charge in [0.25, 0.3) is 0 Å². The molecule has 1 unspecified atom stereocenters.